The van der Waals surface area contributed by atoms with Crippen molar-refractivity contribution in [3.63, 3.8) is 0 Å². The number of hydrogen-bond donors (Lipinski definition) is 2. The molecule has 7 heteroatoms. The zero-order valence-corrected chi connectivity index (χ0v) is 16.8. The first kappa shape index (κ1) is 18.8. The Balaban J connectivity index is 1.67. The van der Waals surface area contributed by atoms with Gasteiger partial charge < -0.3 is 4.74 Å². The Morgan fingerprint density at radius 3 is 2.70 bits per heavy atom. The molecule has 1 heterocycles. The van der Waals surface area contributed by atoms with Gasteiger partial charge in [0.05, 0.1) is 23.5 Å². The summed E-state index contributed by atoms with van der Waals surface area (Å²) in [7, 11) is 1.60. The summed E-state index contributed by atoms with van der Waals surface area (Å²) in [5.74, 6) is 0.369. The van der Waals surface area contributed by atoms with Gasteiger partial charge in [-0.2, -0.15) is 10.2 Å². The number of hydrogen-bond acceptors (Lipinski definition) is 4. The lowest BCUT2D eigenvalue weighted by Crippen LogP contribution is -2.18. The number of nitrogens with one attached hydrogen (secondary N) is 2. The first-order valence-electron chi connectivity index (χ1n) is 8.28. The van der Waals surface area contributed by atoms with Crippen molar-refractivity contribution in [2.75, 3.05) is 7.11 Å². The Hall–Kier alpha value is -2.93. The van der Waals surface area contributed by atoms with Gasteiger partial charge in [-0.1, -0.05) is 12.1 Å². The van der Waals surface area contributed by atoms with Gasteiger partial charge in [-0.3, -0.25) is 9.89 Å². The number of amides is 1. The molecule has 0 unspecified atom stereocenters. The fourth-order valence-electron chi connectivity index (χ4n) is 2.48. The van der Waals surface area contributed by atoms with Crippen LogP contribution in [0.5, 0.6) is 5.75 Å². The van der Waals surface area contributed by atoms with Crippen LogP contribution in [0, 0.1) is 13.8 Å². The summed E-state index contributed by atoms with van der Waals surface area (Å²) in [5, 5.41) is 11.0. The Labute approximate surface area is 165 Å². The van der Waals surface area contributed by atoms with Crippen molar-refractivity contribution in [1.82, 2.24) is 15.6 Å². The SMILES string of the molecule is COc1ccc(/C=N\NC(=O)c2cc(-c3ccc(C)c(C)c3)n[nH]2)cc1Br. The topological polar surface area (TPSA) is 79.4 Å². The average molecular weight is 427 g/mol. The van der Waals surface area contributed by atoms with Crippen LogP contribution in [-0.2, 0) is 0 Å². The molecule has 2 N–H and O–H groups in total. The zero-order chi connectivity index (χ0) is 19.4. The minimum atomic E-state index is -0.360. The van der Waals surface area contributed by atoms with Gasteiger partial charge in [0.15, 0.2) is 0 Å². The van der Waals surface area contributed by atoms with Gasteiger partial charge in [0.1, 0.15) is 11.4 Å². The zero-order valence-electron chi connectivity index (χ0n) is 15.2. The summed E-state index contributed by atoms with van der Waals surface area (Å²) >= 11 is 3.41. The van der Waals surface area contributed by atoms with Crippen LogP contribution in [0.3, 0.4) is 0 Å². The number of ether oxygens (including phenoxy) is 1. The lowest BCUT2D eigenvalue weighted by atomic mass is 10.0. The molecule has 0 aliphatic heterocycles. The molecular formula is C20H19BrN4O2. The van der Waals surface area contributed by atoms with E-state index in [9.17, 15) is 4.79 Å². The highest BCUT2D eigenvalue weighted by Gasteiger charge is 2.11. The highest BCUT2D eigenvalue weighted by atomic mass is 79.9. The van der Waals surface area contributed by atoms with E-state index in [0.29, 0.717) is 11.4 Å². The van der Waals surface area contributed by atoms with Crippen LogP contribution >= 0.6 is 15.9 Å². The molecule has 0 saturated heterocycles. The lowest BCUT2D eigenvalue weighted by molar-refractivity contribution is 0.0950. The van der Waals surface area contributed by atoms with Crippen LogP contribution in [-0.4, -0.2) is 29.4 Å². The van der Waals surface area contributed by atoms with Gasteiger partial charge in [-0.25, -0.2) is 5.43 Å². The molecule has 0 bridgehead atoms. The number of methoxy groups -OCH3 is 1. The van der Waals surface area contributed by atoms with Crippen molar-refractivity contribution < 1.29 is 9.53 Å². The summed E-state index contributed by atoms with van der Waals surface area (Å²) in [6.45, 7) is 4.10. The van der Waals surface area contributed by atoms with E-state index in [1.807, 2.05) is 43.3 Å². The molecular weight excluding hydrogens is 408 g/mol. The third-order valence-corrected chi connectivity index (χ3v) is 4.80. The van der Waals surface area contributed by atoms with Crippen molar-refractivity contribution >= 4 is 28.1 Å². The second kappa shape index (κ2) is 8.18. The lowest BCUT2D eigenvalue weighted by Gasteiger charge is -2.03. The van der Waals surface area contributed by atoms with Crippen molar-refractivity contribution in [2.24, 2.45) is 5.10 Å². The normalized spacial score (nSPS) is 11.0. The highest BCUT2D eigenvalue weighted by molar-refractivity contribution is 9.10. The van der Waals surface area contributed by atoms with E-state index in [1.54, 1.807) is 19.4 Å². The summed E-state index contributed by atoms with van der Waals surface area (Å²) in [6, 6.07) is 13.3. The first-order valence-corrected chi connectivity index (χ1v) is 9.07. The molecule has 3 rings (SSSR count). The minimum absolute atomic E-state index is 0.344. The molecule has 2 aromatic carbocycles. The number of carbonyl (C=O) groups is 1. The molecule has 27 heavy (non-hydrogen) atoms. The second-order valence-electron chi connectivity index (χ2n) is 6.06. The van der Waals surface area contributed by atoms with E-state index in [4.69, 9.17) is 4.74 Å². The number of aromatic amines is 1. The van der Waals surface area contributed by atoms with Crippen molar-refractivity contribution in [3.8, 4) is 17.0 Å². The van der Waals surface area contributed by atoms with Gasteiger partial charge >= 0.3 is 0 Å². The number of aromatic nitrogens is 2. The quantitative estimate of drug-likeness (QED) is 0.473. The summed E-state index contributed by atoms with van der Waals surface area (Å²) in [5.41, 5.74) is 7.72. The third-order valence-electron chi connectivity index (χ3n) is 4.18. The number of halogens is 1. The summed E-state index contributed by atoms with van der Waals surface area (Å²) in [6.07, 6.45) is 1.56. The molecule has 1 aromatic heterocycles. The molecule has 0 radical (unpaired) electrons. The van der Waals surface area contributed by atoms with Crippen molar-refractivity contribution in [1.29, 1.82) is 0 Å². The number of nitrogens with zero attached hydrogens (tertiary/aromatic N) is 2. The molecule has 0 aliphatic carbocycles. The molecule has 0 saturated carbocycles. The number of rotatable bonds is 5. The number of benzene rings is 2. The maximum Gasteiger partial charge on any atom is 0.289 e. The van der Waals surface area contributed by atoms with Gasteiger partial charge in [0.25, 0.3) is 5.91 Å². The molecule has 6 nitrogen and oxygen atoms in total. The molecule has 0 aliphatic rings. The summed E-state index contributed by atoms with van der Waals surface area (Å²) < 4.78 is 5.99. The Morgan fingerprint density at radius 2 is 2.00 bits per heavy atom. The van der Waals surface area contributed by atoms with Crippen LogP contribution < -0.4 is 10.2 Å². The van der Waals surface area contributed by atoms with Gasteiger partial charge in [-0.15, -0.1) is 0 Å². The Morgan fingerprint density at radius 1 is 1.19 bits per heavy atom. The van der Waals surface area contributed by atoms with Crippen LogP contribution in [0.2, 0.25) is 0 Å². The Bertz CT molecular complexity index is 1010. The van der Waals surface area contributed by atoms with E-state index in [1.165, 1.54) is 11.1 Å². The van der Waals surface area contributed by atoms with E-state index >= 15 is 0 Å². The number of H-pyrrole nitrogens is 1. The van der Waals surface area contributed by atoms with Crippen molar-refractivity contribution in [2.45, 2.75) is 13.8 Å². The number of carbonyl (C=O) groups excluding carboxylic acids is 1. The Kier molecular flexibility index (Phi) is 5.71. The maximum atomic E-state index is 12.2. The first-order chi connectivity index (χ1) is 13.0. The van der Waals surface area contributed by atoms with Gasteiger partial charge in [0.2, 0.25) is 0 Å². The molecule has 0 spiro atoms. The van der Waals surface area contributed by atoms with Crippen LogP contribution in [0.1, 0.15) is 27.2 Å². The predicted octanol–water partition coefficient (Wildman–Crippen LogP) is 4.23. The fourth-order valence-corrected chi connectivity index (χ4v) is 3.03. The third kappa shape index (κ3) is 4.43. The molecule has 3 aromatic rings. The largest absolute Gasteiger partial charge is 0.496 e. The van der Waals surface area contributed by atoms with E-state index < -0.39 is 0 Å². The average Bonchev–Trinajstić information content (AvgIpc) is 3.14. The fraction of sp³-hybridized carbons (Fsp3) is 0.150. The van der Waals surface area contributed by atoms with Crippen LogP contribution in [0.25, 0.3) is 11.3 Å². The molecule has 0 fully saturated rings. The van der Waals surface area contributed by atoms with Crippen LogP contribution in [0.4, 0.5) is 0 Å². The minimum Gasteiger partial charge on any atom is -0.496 e. The van der Waals surface area contributed by atoms with E-state index in [-0.39, 0.29) is 5.91 Å². The standard InChI is InChI=1S/C20H19BrN4O2/c1-12-4-6-15(8-13(12)2)17-10-18(24-23-17)20(26)25-22-11-14-5-7-19(27-3)16(21)9-14/h4-11H,1-3H3,(H,23,24)(H,25,26)/b22-11-. The monoisotopic (exact) mass is 426 g/mol. The summed E-state index contributed by atoms with van der Waals surface area (Å²) in [4.78, 5) is 12.2. The highest BCUT2D eigenvalue weighted by Crippen LogP contribution is 2.25. The van der Waals surface area contributed by atoms with E-state index in [2.05, 4.69) is 43.6 Å². The van der Waals surface area contributed by atoms with E-state index in [0.717, 1.165) is 21.3 Å². The number of aryl methyl sites for hydroxylation is 2. The van der Waals surface area contributed by atoms with Crippen molar-refractivity contribution in [3.05, 3.63) is 69.3 Å². The van der Waals surface area contributed by atoms with Gasteiger partial charge in [0, 0.05) is 5.56 Å². The number of hydrazone groups is 1. The van der Waals surface area contributed by atoms with Crippen LogP contribution in [0.15, 0.2) is 52.0 Å². The second-order valence-corrected chi connectivity index (χ2v) is 6.91. The molecule has 138 valence electrons. The molecule has 1 amide bonds. The smallest absolute Gasteiger partial charge is 0.289 e. The maximum absolute atomic E-state index is 12.2. The predicted molar refractivity (Wildman–Crippen MR) is 109 cm³/mol. The van der Waals surface area contributed by atoms with Gasteiger partial charge in [-0.05, 0) is 76.8 Å². The molecule has 0 atom stereocenters.